The van der Waals surface area contributed by atoms with Crippen LogP contribution in [0.4, 0.5) is 0 Å². The molecule has 1 N–H and O–H groups in total. The first-order chi connectivity index (χ1) is 26.4. The second-order valence-corrected chi connectivity index (χ2v) is 15.0. The van der Waals surface area contributed by atoms with Crippen molar-refractivity contribution in [1.82, 2.24) is 4.90 Å². The van der Waals surface area contributed by atoms with Crippen LogP contribution in [0.3, 0.4) is 0 Å². The largest absolute Gasteiger partial charge is 0.493 e. The van der Waals surface area contributed by atoms with Gasteiger partial charge in [0.1, 0.15) is 0 Å². The molecule has 3 aromatic carbocycles. The van der Waals surface area contributed by atoms with Crippen LogP contribution >= 0.6 is 0 Å². The molecule has 54 heavy (non-hydrogen) atoms. The lowest BCUT2D eigenvalue weighted by molar-refractivity contribution is -0.134. The monoisotopic (exact) mass is 761 g/mol. The molecule has 0 radical (unpaired) electrons. The van der Waals surface area contributed by atoms with Crippen LogP contribution in [0.1, 0.15) is 145 Å². The molecule has 0 aromatic heterocycles. The number of hydrogen-bond acceptors (Lipinski definition) is 8. The summed E-state index contributed by atoms with van der Waals surface area (Å²) in [6, 6.07) is 16.0. The van der Waals surface area contributed by atoms with Crippen molar-refractivity contribution in [3.8, 4) is 23.0 Å². The summed E-state index contributed by atoms with van der Waals surface area (Å²) < 4.78 is 36.4. The Bertz CT molecular complexity index is 1640. The van der Waals surface area contributed by atoms with Crippen molar-refractivity contribution in [3.63, 3.8) is 0 Å². The number of nitrogens with zero attached hydrogens (tertiary/aromatic N) is 1. The highest BCUT2D eigenvalue weighted by Crippen LogP contribution is 2.50. The first-order valence-corrected chi connectivity index (χ1v) is 21.4. The van der Waals surface area contributed by atoms with Crippen molar-refractivity contribution in [2.45, 2.75) is 141 Å². The van der Waals surface area contributed by atoms with Gasteiger partial charge in [-0.15, -0.1) is 0 Å². The van der Waals surface area contributed by atoms with Crippen LogP contribution in [-0.2, 0) is 28.8 Å². The van der Waals surface area contributed by atoms with Crippen LogP contribution < -0.4 is 18.4 Å². The third-order valence-electron chi connectivity index (χ3n) is 10.2. The minimum absolute atomic E-state index is 0.279. The lowest BCUT2D eigenvalue weighted by Crippen LogP contribution is -2.42. The number of carbonyl (C=O) groups excluding carboxylic acids is 1. The number of rotatable bonds is 21. The van der Waals surface area contributed by atoms with Gasteiger partial charge in [0.05, 0.1) is 31.3 Å². The molecule has 0 amide bonds. The summed E-state index contributed by atoms with van der Waals surface area (Å²) in [7, 11) is 3.13. The zero-order valence-corrected chi connectivity index (χ0v) is 34.1. The fourth-order valence-corrected chi connectivity index (χ4v) is 8.16. The van der Waals surface area contributed by atoms with Crippen molar-refractivity contribution in [2.75, 3.05) is 20.8 Å². The van der Waals surface area contributed by atoms with Gasteiger partial charge in [-0.2, -0.15) is 0 Å². The number of fused-ring (bicyclic) bond motifs is 4. The molecule has 3 unspecified atom stereocenters. The van der Waals surface area contributed by atoms with Gasteiger partial charge in [-0.3, -0.25) is 9.69 Å². The van der Waals surface area contributed by atoms with Crippen molar-refractivity contribution < 1.29 is 32.5 Å². The first kappa shape index (κ1) is 43.1. The van der Waals surface area contributed by atoms with E-state index >= 15 is 0 Å². The number of hydrogen-bond donors (Lipinski definition) is 1. The Labute approximate surface area is 326 Å². The molecule has 0 bridgehead atoms. The van der Waals surface area contributed by atoms with Gasteiger partial charge in [-0.05, 0) is 85.5 Å². The normalized spacial score (nSPS) is 16.7. The Hall–Kier alpha value is -3.66. The zero-order valence-electron chi connectivity index (χ0n) is 33.3. The van der Waals surface area contributed by atoms with E-state index in [0.717, 1.165) is 48.8 Å². The average molecular weight is 762 g/mol. The number of ether oxygens (including phenoxy) is 3. The lowest BCUT2D eigenvalue weighted by atomic mass is 9.81. The number of aliphatic hydroxyl groups is 1. The summed E-state index contributed by atoms with van der Waals surface area (Å²) in [4.78, 5) is 15.7. The van der Waals surface area contributed by atoms with Gasteiger partial charge in [0, 0.05) is 25.1 Å². The van der Waals surface area contributed by atoms with E-state index in [1.54, 1.807) is 32.4 Å². The number of benzene rings is 3. The lowest BCUT2D eigenvalue weighted by Gasteiger charge is -2.44. The van der Waals surface area contributed by atoms with Crippen LogP contribution in [0.15, 0.2) is 71.6 Å². The highest BCUT2D eigenvalue weighted by Gasteiger charge is 2.41. The first-order valence-electron chi connectivity index (χ1n) is 20.3. The van der Waals surface area contributed by atoms with E-state index in [-0.39, 0.29) is 12.0 Å². The van der Waals surface area contributed by atoms with Crippen LogP contribution in [0.2, 0.25) is 0 Å². The van der Waals surface area contributed by atoms with Crippen LogP contribution in [0.25, 0.3) is 0 Å². The Morgan fingerprint density at radius 2 is 1.46 bits per heavy atom. The molecule has 0 aliphatic carbocycles. The number of carbonyl (C=O) groups is 1. The van der Waals surface area contributed by atoms with Crippen molar-refractivity contribution in [1.29, 1.82) is 0 Å². The van der Waals surface area contributed by atoms with Crippen LogP contribution in [0, 0.1) is 0 Å². The molecular weight excluding hydrogens is 699 g/mol. The molecule has 3 atom stereocenters. The van der Waals surface area contributed by atoms with E-state index in [4.69, 9.17) is 18.4 Å². The highest BCUT2D eigenvalue weighted by molar-refractivity contribution is 7.80. The Kier molecular flexibility index (Phi) is 18.6. The molecule has 296 valence electrons. The molecule has 8 nitrogen and oxygen atoms in total. The Balaban J connectivity index is 0.00000319. The second kappa shape index (κ2) is 23.3. The summed E-state index contributed by atoms with van der Waals surface area (Å²) in [5.41, 5.74) is 3.39. The molecule has 3 aromatic rings. The highest BCUT2D eigenvalue weighted by atomic mass is 32.2. The fourth-order valence-electron chi connectivity index (χ4n) is 7.35. The van der Waals surface area contributed by atoms with Gasteiger partial charge in [-0.1, -0.05) is 109 Å². The molecule has 5 rings (SSSR count). The van der Waals surface area contributed by atoms with Gasteiger partial charge in [0.2, 0.25) is 11.1 Å². The number of unbranched alkanes of at least 4 members (excludes halogenated alkanes) is 11. The topological polar surface area (TPSA) is 94.5 Å². The molecule has 0 saturated heterocycles. The summed E-state index contributed by atoms with van der Waals surface area (Å²) in [6.07, 6.45) is 20.5. The summed E-state index contributed by atoms with van der Waals surface area (Å²) in [5.74, 6) is 1.43. The molecule has 2 heterocycles. The van der Waals surface area contributed by atoms with Gasteiger partial charge in [0.15, 0.2) is 23.0 Å². The SMILES string of the molecule is CC.CCCCCCCC/C=C/CCCCCCCC(=O)Oc1cc2c(cc1OC)CCN1Cc3c(ccc(OC)c3OS(=O)c3ccccc3)C(O)C21. The average Bonchev–Trinajstić information content (AvgIpc) is 3.20. The second-order valence-electron chi connectivity index (χ2n) is 13.9. The van der Waals surface area contributed by atoms with E-state index in [2.05, 4.69) is 24.0 Å². The van der Waals surface area contributed by atoms with Gasteiger partial charge < -0.3 is 23.5 Å². The number of esters is 1. The van der Waals surface area contributed by atoms with Gasteiger partial charge in [0.25, 0.3) is 0 Å². The fraction of sp³-hybridized carbons (Fsp3) is 0.533. The van der Waals surface area contributed by atoms with E-state index in [0.29, 0.717) is 53.0 Å². The maximum absolute atomic E-state index is 13.2. The third kappa shape index (κ3) is 11.9. The molecule has 0 spiro atoms. The van der Waals surface area contributed by atoms with Crippen molar-refractivity contribution in [2.24, 2.45) is 0 Å². The minimum Gasteiger partial charge on any atom is -0.493 e. The maximum Gasteiger partial charge on any atom is 0.311 e. The van der Waals surface area contributed by atoms with Gasteiger partial charge >= 0.3 is 5.97 Å². The van der Waals surface area contributed by atoms with Crippen molar-refractivity contribution in [3.05, 3.63) is 89.0 Å². The quantitative estimate of drug-likeness (QED) is 0.0496. The van der Waals surface area contributed by atoms with Crippen molar-refractivity contribution >= 4 is 17.0 Å². The van der Waals surface area contributed by atoms with E-state index < -0.39 is 17.2 Å². The van der Waals surface area contributed by atoms with E-state index in [1.165, 1.54) is 57.8 Å². The van der Waals surface area contributed by atoms with Crippen LogP contribution in [0.5, 0.6) is 23.0 Å². The number of aliphatic hydroxyl groups excluding tert-OH is 1. The summed E-state index contributed by atoms with van der Waals surface area (Å²) >= 11 is -1.77. The van der Waals surface area contributed by atoms with E-state index in [9.17, 15) is 14.1 Å². The molecule has 2 aliphatic heterocycles. The summed E-state index contributed by atoms with van der Waals surface area (Å²) in [6.45, 7) is 7.41. The standard InChI is InChI=1S/C43H57NO7S.C2H6/c1-4-5-6-7-8-9-10-11-12-13-14-15-16-17-21-24-40(45)50-39-30-35-32(29-38(39)49-3)27-28-44-31-36-34(42(46)41(35)44)25-26-37(48-2)43(36)51-52(47)33-22-19-18-20-23-33;1-2/h11-12,18-20,22-23,25-26,29-30,41-42,46H,4-10,13-17,21,24,27-28,31H2,1-3H3;1-2H3/b12-11+;. The number of allylic oxidation sites excluding steroid dienone is 2. The molecule has 0 fully saturated rings. The predicted octanol–water partition coefficient (Wildman–Crippen LogP) is 10.9. The maximum atomic E-state index is 13.2. The predicted molar refractivity (Wildman–Crippen MR) is 218 cm³/mol. The number of methoxy groups -OCH3 is 2. The Morgan fingerprint density at radius 3 is 2.13 bits per heavy atom. The zero-order chi connectivity index (χ0) is 38.7. The van der Waals surface area contributed by atoms with Gasteiger partial charge in [-0.25, -0.2) is 4.21 Å². The smallest absolute Gasteiger partial charge is 0.311 e. The molecular formula is C45H63NO7S. The minimum atomic E-state index is -1.77. The van der Waals surface area contributed by atoms with E-state index in [1.807, 2.05) is 50.2 Å². The Morgan fingerprint density at radius 1 is 0.815 bits per heavy atom. The van der Waals surface area contributed by atoms with Crippen LogP contribution in [-0.4, -0.2) is 40.9 Å². The third-order valence-corrected chi connectivity index (χ3v) is 11.2. The molecule has 9 heteroatoms. The molecule has 2 aliphatic rings. The molecule has 0 saturated carbocycles. The summed E-state index contributed by atoms with van der Waals surface area (Å²) in [5, 5.41) is 11.9.